The lowest BCUT2D eigenvalue weighted by atomic mass is 10.2. The van der Waals surface area contributed by atoms with Gasteiger partial charge in [-0.2, -0.15) is 5.10 Å². The summed E-state index contributed by atoms with van der Waals surface area (Å²) >= 11 is 1.60. The molecule has 4 aromatic rings. The molecule has 5 rings (SSSR count). The minimum atomic E-state index is -0.464. The summed E-state index contributed by atoms with van der Waals surface area (Å²) in [6, 6.07) is 23.2. The van der Waals surface area contributed by atoms with Crippen LogP contribution in [-0.2, 0) is 9.53 Å². The van der Waals surface area contributed by atoms with Crippen LogP contribution in [0.3, 0.4) is 0 Å². The molecule has 140 valence electrons. The first-order chi connectivity index (χ1) is 14.3. The number of carbonyl (C=O) groups excluding carboxylic acids is 1. The Hall–Kier alpha value is -3.77. The van der Waals surface area contributed by atoms with Gasteiger partial charge in [0, 0.05) is 17.3 Å². The van der Waals surface area contributed by atoms with Crippen molar-refractivity contribution in [2.24, 2.45) is 4.99 Å². The molecule has 2 aromatic carbocycles. The number of esters is 1. The highest BCUT2D eigenvalue weighted by Gasteiger charge is 2.25. The number of aliphatic imine (C=N–C) groups is 1. The van der Waals surface area contributed by atoms with Gasteiger partial charge in [-0.1, -0.05) is 42.5 Å². The smallest absolute Gasteiger partial charge is 0.363 e. The van der Waals surface area contributed by atoms with Crippen molar-refractivity contribution in [2.45, 2.75) is 0 Å². The molecule has 5 nitrogen and oxygen atoms in total. The predicted octanol–water partition coefficient (Wildman–Crippen LogP) is 4.95. The number of thiophene rings is 1. The molecule has 0 N–H and O–H groups in total. The molecule has 0 radical (unpaired) electrons. The zero-order valence-corrected chi connectivity index (χ0v) is 16.0. The Labute approximate surface area is 171 Å². The summed E-state index contributed by atoms with van der Waals surface area (Å²) in [5, 5.41) is 6.75. The first kappa shape index (κ1) is 17.3. The molecule has 0 fully saturated rings. The van der Waals surface area contributed by atoms with Crippen LogP contribution in [0.15, 0.2) is 95.1 Å². The van der Waals surface area contributed by atoms with E-state index in [-0.39, 0.29) is 5.70 Å². The lowest BCUT2D eigenvalue weighted by molar-refractivity contribution is -0.129. The fourth-order valence-electron chi connectivity index (χ4n) is 3.07. The molecule has 29 heavy (non-hydrogen) atoms. The monoisotopic (exact) mass is 397 g/mol. The minimum absolute atomic E-state index is 0.259. The van der Waals surface area contributed by atoms with Gasteiger partial charge in [-0.25, -0.2) is 14.5 Å². The van der Waals surface area contributed by atoms with E-state index in [1.165, 1.54) is 0 Å². The van der Waals surface area contributed by atoms with Crippen molar-refractivity contribution < 1.29 is 9.53 Å². The zero-order valence-electron chi connectivity index (χ0n) is 15.2. The molecule has 1 aliphatic rings. The largest absolute Gasteiger partial charge is 0.402 e. The SMILES string of the molecule is O=C1OC(c2ccccc2)=N/C1=C/c1cn(-c2ccccc2)nc1-c1cccs1. The van der Waals surface area contributed by atoms with Crippen LogP contribution >= 0.6 is 11.3 Å². The van der Waals surface area contributed by atoms with E-state index < -0.39 is 5.97 Å². The number of aromatic nitrogens is 2. The number of benzene rings is 2. The highest BCUT2D eigenvalue weighted by atomic mass is 32.1. The van der Waals surface area contributed by atoms with Crippen LogP contribution in [0.25, 0.3) is 22.3 Å². The number of hydrogen-bond donors (Lipinski definition) is 0. The van der Waals surface area contributed by atoms with E-state index in [2.05, 4.69) is 4.99 Å². The topological polar surface area (TPSA) is 56.5 Å². The van der Waals surface area contributed by atoms with Crippen LogP contribution < -0.4 is 0 Å². The van der Waals surface area contributed by atoms with Crippen molar-refractivity contribution in [2.75, 3.05) is 0 Å². The van der Waals surface area contributed by atoms with Crippen LogP contribution in [0.5, 0.6) is 0 Å². The number of carbonyl (C=O) groups is 1. The second-order valence-electron chi connectivity index (χ2n) is 6.39. The van der Waals surface area contributed by atoms with Crippen LogP contribution in [-0.4, -0.2) is 21.6 Å². The Kier molecular flexibility index (Phi) is 4.38. The van der Waals surface area contributed by atoms with E-state index in [9.17, 15) is 4.79 Å². The molecule has 0 aliphatic carbocycles. The summed E-state index contributed by atoms with van der Waals surface area (Å²) in [7, 11) is 0. The highest BCUT2D eigenvalue weighted by Crippen LogP contribution is 2.30. The fraction of sp³-hybridized carbons (Fsp3) is 0. The summed E-state index contributed by atoms with van der Waals surface area (Å²) in [6.07, 6.45) is 3.64. The molecule has 1 aliphatic heterocycles. The van der Waals surface area contributed by atoms with E-state index >= 15 is 0 Å². The third kappa shape index (κ3) is 3.41. The van der Waals surface area contributed by atoms with Crippen molar-refractivity contribution in [1.82, 2.24) is 9.78 Å². The maximum atomic E-state index is 12.4. The van der Waals surface area contributed by atoms with Gasteiger partial charge in [-0.15, -0.1) is 11.3 Å². The third-order valence-electron chi connectivity index (χ3n) is 4.45. The van der Waals surface area contributed by atoms with Crippen LogP contribution in [0.1, 0.15) is 11.1 Å². The molecular weight excluding hydrogens is 382 g/mol. The molecule has 0 unspecified atom stereocenters. The molecule has 6 heteroatoms. The van der Waals surface area contributed by atoms with E-state index in [0.29, 0.717) is 5.90 Å². The summed E-state index contributed by atoms with van der Waals surface area (Å²) in [4.78, 5) is 17.8. The van der Waals surface area contributed by atoms with E-state index in [4.69, 9.17) is 9.84 Å². The number of nitrogens with zero attached hydrogens (tertiary/aromatic N) is 3. The molecule has 0 saturated carbocycles. The number of cyclic esters (lactones) is 1. The highest BCUT2D eigenvalue weighted by molar-refractivity contribution is 7.13. The maximum absolute atomic E-state index is 12.4. The lowest BCUT2D eigenvalue weighted by Crippen LogP contribution is -2.04. The van der Waals surface area contributed by atoms with Crippen LogP contribution in [0.2, 0.25) is 0 Å². The molecule has 0 amide bonds. The first-order valence-corrected chi connectivity index (χ1v) is 9.93. The molecule has 2 aromatic heterocycles. The quantitative estimate of drug-likeness (QED) is 0.362. The Morgan fingerprint density at radius 1 is 0.931 bits per heavy atom. The normalized spacial score (nSPS) is 14.8. The number of ether oxygens (including phenoxy) is 1. The summed E-state index contributed by atoms with van der Waals surface area (Å²) in [5.41, 5.74) is 3.57. The molecule has 0 saturated heterocycles. The van der Waals surface area contributed by atoms with Crippen molar-refractivity contribution >= 4 is 29.3 Å². The molecule has 0 spiro atoms. The Morgan fingerprint density at radius 3 is 2.41 bits per heavy atom. The third-order valence-corrected chi connectivity index (χ3v) is 5.33. The minimum Gasteiger partial charge on any atom is -0.402 e. The van der Waals surface area contributed by atoms with Crippen molar-refractivity contribution in [3.63, 3.8) is 0 Å². The Bertz CT molecular complexity index is 1220. The standard InChI is InChI=1S/C23H15N3O2S/c27-23-19(24-22(28-23)16-8-3-1-4-9-16)14-17-15-26(18-10-5-2-6-11-18)25-21(17)20-12-7-13-29-20/h1-15H/b19-14+. The average Bonchev–Trinajstić information content (AvgIpc) is 3.50. The van der Waals surface area contributed by atoms with Crippen molar-refractivity contribution in [1.29, 1.82) is 0 Å². The van der Waals surface area contributed by atoms with Crippen LogP contribution in [0, 0.1) is 0 Å². The fourth-order valence-corrected chi connectivity index (χ4v) is 3.80. The van der Waals surface area contributed by atoms with E-state index in [1.807, 2.05) is 89.1 Å². The zero-order chi connectivity index (χ0) is 19.6. The summed E-state index contributed by atoms with van der Waals surface area (Å²) in [6.45, 7) is 0. The van der Waals surface area contributed by atoms with E-state index in [0.717, 1.165) is 27.4 Å². The van der Waals surface area contributed by atoms with Crippen molar-refractivity contribution in [3.8, 4) is 16.3 Å². The first-order valence-electron chi connectivity index (χ1n) is 9.05. The second-order valence-corrected chi connectivity index (χ2v) is 7.34. The number of hydrogen-bond acceptors (Lipinski definition) is 5. The maximum Gasteiger partial charge on any atom is 0.363 e. The Morgan fingerprint density at radius 2 is 1.69 bits per heavy atom. The van der Waals surface area contributed by atoms with Gasteiger partial charge in [0.1, 0.15) is 5.69 Å². The van der Waals surface area contributed by atoms with Crippen LogP contribution in [0.4, 0.5) is 0 Å². The average molecular weight is 397 g/mol. The molecule has 3 heterocycles. The summed E-state index contributed by atoms with van der Waals surface area (Å²) in [5.74, 6) is -0.150. The van der Waals surface area contributed by atoms with Gasteiger partial charge in [0.2, 0.25) is 5.90 Å². The van der Waals surface area contributed by atoms with Gasteiger partial charge in [0.25, 0.3) is 0 Å². The number of rotatable bonds is 4. The molecular formula is C23H15N3O2S. The van der Waals surface area contributed by atoms with Gasteiger partial charge in [-0.05, 0) is 41.8 Å². The number of para-hydroxylation sites is 1. The van der Waals surface area contributed by atoms with Gasteiger partial charge in [0.05, 0.1) is 10.6 Å². The second kappa shape index (κ2) is 7.33. The molecule has 0 bridgehead atoms. The van der Waals surface area contributed by atoms with Gasteiger partial charge in [0.15, 0.2) is 5.70 Å². The van der Waals surface area contributed by atoms with Gasteiger partial charge >= 0.3 is 5.97 Å². The summed E-state index contributed by atoms with van der Waals surface area (Å²) < 4.78 is 7.18. The van der Waals surface area contributed by atoms with Crippen molar-refractivity contribution in [3.05, 3.63) is 101 Å². The molecule has 0 atom stereocenters. The Balaban J connectivity index is 1.59. The van der Waals surface area contributed by atoms with E-state index in [1.54, 1.807) is 17.4 Å². The van der Waals surface area contributed by atoms with Gasteiger partial charge in [-0.3, -0.25) is 0 Å². The van der Waals surface area contributed by atoms with Gasteiger partial charge < -0.3 is 4.74 Å². The lowest BCUT2D eigenvalue weighted by Gasteiger charge is -1.99. The predicted molar refractivity (Wildman–Crippen MR) is 114 cm³/mol.